The summed E-state index contributed by atoms with van der Waals surface area (Å²) in [5.41, 5.74) is 0.880. The molecule has 1 fully saturated rings. The van der Waals surface area contributed by atoms with Crippen molar-refractivity contribution in [3.05, 3.63) is 27.6 Å². The Morgan fingerprint density at radius 2 is 2.14 bits per heavy atom. The number of hydrogen-bond donors (Lipinski definition) is 0. The molecule has 0 bridgehead atoms. The van der Waals surface area contributed by atoms with Crippen molar-refractivity contribution in [2.24, 2.45) is 0 Å². The quantitative estimate of drug-likeness (QED) is 0.590. The van der Waals surface area contributed by atoms with Crippen LogP contribution in [-0.2, 0) is 5.41 Å². The van der Waals surface area contributed by atoms with Crippen LogP contribution in [0.2, 0.25) is 0 Å². The van der Waals surface area contributed by atoms with E-state index >= 15 is 0 Å². The van der Waals surface area contributed by atoms with Crippen molar-refractivity contribution in [3.63, 3.8) is 0 Å². The molecule has 0 N–H and O–H groups in total. The van der Waals surface area contributed by atoms with Crippen molar-refractivity contribution < 1.29 is 0 Å². The van der Waals surface area contributed by atoms with Gasteiger partial charge in [-0.05, 0) is 41.5 Å². The van der Waals surface area contributed by atoms with E-state index in [9.17, 15) is 5.26 Å². The normalized spacial score (nSPS) is 19.1. The minimum atomic E-state index is -0.245. The van der Waals surface area contributed by atoms with Crippen LogP contribution in [0.4, 0.5) is 0 Å². The third-order valence-electron chi connectivity index (χ3n) is 2.95. The van der Waals surface area contributed by atoms with Gasteiger partial charge in [0, 0.05) is 11.8 Å². The molecule has 1 aromatic rings. The highest BCUT2D eigenvalue weighted by atomic mass is 127. The van der Waals surface area contributed by atoms with E-state index in [0.29, 0.717) is 0 Å². The fraction of sp³-hybridized carbons (Fsp3) is 0.455. The number of halogens is 1. The van der Waals surface area contributed by atoms with Crippen LogP contribution in [0.1, 0.15) is 31.2 Å². The molecule has 72 valence electrons. The van der Waals surface area contributed by atoms with Gasteiger partial charge in [0.2, 0.25) is 0 Å². The lowest BCUT2D eigenvalue weighted by Crippen LogP contribution is -2.21. The zero-order valence-electron chi connectivity index (χ0n) is 7.83. The molecule has 2 rings (SSSR count). The van der Waals surface area contributed by atoms with E-state index in [1.54, 1.807) is 6.20 Å². The highest BCUT2D eigenvalue weighted by Crippen LogP contribution is 2.41. The molecule has 1 saturated carbocycles. The molecule has 1 aromatic heterocycles. The number of rotatable bonds is 1. The molecule has 2 nitrogen and oxygen atoms in total. The fourth-order valence-corrected chi connectivity index (χ4v) is 3.02. The Morgan fingerprint density at radius 1 is 1.43 bits per heavy atom. The minimum Gasteiger partial charge on any atom is -0.250 e. The van der Waals surface area contributed by atoms with Gasteiger partial charge < -0.3 is 0 Å². The van der Waals surface area contributed by atoms with Gasteiger partial charge in [0.1, 0.15) is 3.70 Å². The van der Waals surface area contributed by atoms with E-state index in [0.717, 1.165) is 22.1 Å². The van der Waals surface area contributed by atoms with Crippen LogP contribution in [0.25, 0.3) is 0 Å². The summed E-state index contributed by atoms with van der Waals surface area (Å²) in [5.74, 6) is 0. The Balaban J connectivity index is 2.47. The number of nitrogens with zero attached hydrogens (tertiary/aromatic N) is 2. The Labute approximate surface area is 97.5 Å². The summed E-state index contributed by atoms with van der Waals surface area (Å²) >= 11 is 2.22. The van der Waals surface area contributed by atoms with Crippen molar-refractivity contribution in [3.8, 4) is 6.07 Å². The summed E-state index contributed by atoms with van der Waals surface area (Å²) in [7, 11) is 0. The van der Waals surface area contributed by atoms with Crippen LogP contribution >= 0.6 is 22.6 Å². The molecule has 0 unspecified atom stereocenters. The molecule has 0 amide bonds. The van der Waals surface area contributed by atoms with E-state index in [1.165, 1.54) is 12.8 Å². The smallest absolute Gasteiger partial charge is 0.106 e. The van der Waals surface area contributed by atoms with Crippen LogP contribution in [0.3, 0.4) is 0 Å². The van der Waals surface area contributed by atoms with Gasteiger partial charge in [-0.2, -0.15) is 5.26 Å². The Kier molecular flexibility index (Phi) is 2.73. The van der Waals surface area contributed by atoms with Crippen molar-refractivity contribution in [2.75, 3.05) is 0 Å². The summed E-state index contributed by atoms with van der Waals surface area (Å²) in [4.78, 5) is 4.25. The van der Waals surface area contributed by atoms with Gasteiger partial charge in [0.15, 0.2) is 0 Å². The Morgan fingerprint density at radius 3 is 2.71 bits per heavy atom. The second kappa shape index (κ2) is 3.85. The van der Waals surface area contributed by atoms with Gasteiger partial charge >= 0.3 is 0 Å². The number of aromatic nitrogens is 1. The van der Waals surface area contributed by atoms with Crippen molar-refractivity contribution in [1.82, 2.24) is 4.98 Å². The predicted molar refractivity (Wildman–Crippen MR) is 62.7 cm³/mol. The van der Waals surface area contributed by atoms with Gasteiger partial charge in [0.25, 0.3) is 0 Å². The molecule has 0 saturated heterocycles. The lowest BCUT2D eigenvalue weighted by molar-refractivity contribution is 0.566. The minimum absolute atomic E-state index is 0.245. The molecule has 1 heterocycles. The highest BCUT2D eigenvalue weighted by Gasteiger charge is 2.37. The maximum Gasteiger partial charge on any atom is 0.106 e. The topological polar surface area (TPSA) is 36.7 Å². The monoisotopic (exact) mass is 298 g/mol. The second-order valence-corrected chi connectivity index (χ2v) is 4.76. The van der Waals surface area contributed by atoms with Gasteiger partial charge in [-0.25, -0.2) is 4.98 Å². The van der Waals surface area contributed by atoms with Crippen LogP contribution in [0.15, 0.2) is 18.3 Å². The largest absolute Gasteiger partial charge is 0.250 e. The first kappa shape index (κ1) is 9.91. The van der Waals surface area contributed by atoms with E-state index in [1.807, 2.05) is 12.1 Å². The van der Waals surface area contributed by atoms with E-state index < -0.39 is 0 Å². The summed E-state index contributed by atoms with van der Waals surface area (Å²) in [6, 6.07) is 6.46. The molecular weight excluding hydrogens is 287 g/mol. The molecule has 3 heteroatoms. The SMILES string of the molecule is N#CC1(c2cccnc2I)CCCC1. The number of hydrogen-bond acceptors (Lipinski definition) is 2. The van der Waals surface area contributed by atoms with Crippen LogP contribution in [0.5, 0.6) is 0 Å². The Bertz CT molecular complexity index is 375. The lowest BCUT2D eigenvalue weighted by Gasteiger charge is -2.21. The molecule has 0 aromatic carbocycles. The van der Waals surface area contributed by atoms with Crippen molar-refractivity contribution in [2.45, 2.75) is 31.1 Å². The van der Waals surface area contributed by atoms with Gasteiger partial charge in [0.05, 0.1) is 11.5 Å². The van der Waals surface area contributed by atoms with E-state index in [-0.39, 0.29) is 5.41 Å². The third kappa shape index (κ3) is 1.52. The van der Waals surface area contributed by atoms with E-state index in [4.69, 9.17) is 0 Å². The van der Waals surface area contributed by atoms with E-state index in [2.05, 4.69) is 33.6 Å². The van der Waals surface area contributed by atoms with Gasteiger partial charge in [-0.3, -0.25) is 0 Å². The summed E-state index contributed by atoms with van der Waals surface area (Å²) in [6.07, 6.45) is 6.10. The van der Waals surface area contributed by atoms with Crippen molar-refractivity contribution in [1.29, 1.82) is 5.26 Å². The zero-order chi connectivity index (χ0) is 10.0. The van der Waals surface area contributed by atoms with Crippen LogP contribution < -0.4 is 0 Å². The molecule has 0 spiro atoms. The molecule has 1 aliphatic carbocycles. The first-order chi connectivity index (χ1) is 6.78. The molecule has 0 atom stereocenters. The van der Waals surface area contributed by atoms with Crippen molar-refractivity contribution >= 4 is 22.6 Å². The third-order valence-corrected chi connectivity index (χ3v) is 3.81. The predicted octanol–water partition coefficient (Wildman–Crippen LogP) is 3.02. The second-order valence-electron chi connectivity index (χ2n) is 3.74. The van der Waals surface area contributed by atoms with Crippen LogP contribution in [-0.4, -0.2) is 4.98 Å². The maximum absolute atomic E-state index is 9.31. The summed E-state index contributed by atoms with van der Waals surface area (Å²) in [6.45, 7) is 0. The summed E-state index contributed by atoms with van der Waals surface area (Å²) in [5, 5.41) is 9.31. The van der Waals surface area contributed by atoms with Gasteiger partial charge in [-0.1, -0.05) is 18.9 Å². The number of nitriles is 1. The lowest BCUT2D eigenvalue weighted by atomic mass is 9.81. The zero-order valence-corrected chi connectivity index (χ0v) is 9.99. The molecule has 0 aliphatic heterocycles. The first-order valence-electron chi connectivity index (χ1n) is 4.81. The molecule has 14 heavy (non-hydrogen) atoms. The summed E-state index contributed by atoms with van der Waals surface area (Å²) < 4.78 is 0.980. The molecule has 0 radical (unpaired) electrons. The Hall–Kier alpha value is -0.630. The fourth-order valence-electron chi connectivity index (χ4n) is 2.16. The number of pyridine rings is 1. The molecule has 1 aliphatic rings. The highest BCUT2D eigenvalue weighted by molar-refractivity contribution is 14.1. The average Bonchev–Trinajstić information content (AvgIpc) is 2.68. The van der Waals surface area contributed by atoms with Gasteiger partial charge in [-0.15, -0.1) is 0 Å². The van der Waals surface area contributed by atoms with Crippen LogP contribution in [0, 0.1) is 15.0 Å². The average molecular weight is 298 g/mol. The first-order valence-corrected chi connectivity index (χ1v) is 5.89. The molecular formula is C11H11IN2. The standard InChI is InChI=1S/C11H11IN2/c12-10-9(4-3-7-14-10)11(8-13)5-1-2-6-11/h3-4,7H,1-2,5-6H2. The maximum atomic E-state index is 9.31.